The molecule has 6 heteroatoms. The van der Waals surface area contributed by atoms with Crippen LogP contribution in [0.1, 0.15) is 23.1 Å². The molecule has 2 aromatic rings. The number of halogens is 1. The minimum absolute atomic E-state index is 0.235. The maximum atomic E-state index is 13.8. The van der Waals surface area contributed by atoms with E-state index in [-0.39, 0.29) is 17.4 Å². The molecule has 0 radical (unpaired) electrons. The monoisotopic (exact) mass is 374 g/mol. The average molecular weight is 374 g/mol. The van der Waals surface area contributed by atoms with Gasteiger partial charge in [0, 0.05) is 37.8 Å². The van der Waals surface area contributed by atoms with Gasteiger partial charge in [-0.05, 0) is 30.0 Å². The second-order valence-electron chi connectivity index (χ2n) is 7.14. The second-order valence-corrected chi connectivity index (χ2v) is 9.11. The molecule has 2 aliphatic heterocycles. The highest BCUT2D eigenvalue weighted by Gasteiger charge is 2.35. The number of benzene rings is 2. The van der Waals surface area contributed by atoms with Crippen LogP contribution in [0.5, 0.6) is 0 Å². The Balaban J connectivity index is 1.43. The van der Waals surface area contributed by atoms with Gasteiger partial charge in [0.2, 0.25) is 10.0 Å². The molecule has 2 aromatic carbocycles. The maximum Gasteiger partial charge on any atom is 0.218 e. The van der Waals surface area contributed by atoms with Crippen LogP contribution in [0.15, 0.2) is 48.5 Å². The van der Waals surface area contributed by atoms with Gasteiger partial charge in [0.25, 0.3) is 0 Å². The van der Waals surface area contributed by atoms with Crippen molar-refractivity contribution < 1.29 is 12.8 Å². The normalized spacial score (nSPS) is 21.7. The summed E-state index contributed by atoms with van der Waals surface area (Å²) in [4.78, 5) is 2.39. The fourth-order valence-electron chi connectivity index (χ4n) is 3.99. The van der Waals surface area contributed by atoms with Crippen molar-refractivity contribution >= 4 is 10.0 Å². The van der Waals surface area contributed by atoms with Crippen LogP contribution < -0.4 is 0 Å². The van der Waals surface area contributed by atoms with Crippen LogP contribution in [0, 0.1) is 5.82 Å². The van der Waals surface area contributed by atoms with E-state index in [0.717, 1.165) is 25.9 Å². The lowest BCUT2D eigenvalue weighted by molar-refractivity contribution is 0.185. The molecule has 0 aromatic heterocycles. The van der Waals surface area contributed by atoms with Gasteiger partial charge in [-0.15, -0.1) is 0 Å². The summed E-state index contributed by atoms with van der Waals surface area (Å²) >= 11 is 0. The van der Waals surface area contributed by atoms with Crippen molar-refractivity contribution in [3.63, 3.8) is 0 Å². The molecule has 2 heterocycles. The van der Waals surface area contributed by atoms with Gasteiger partial charge < -0.3 is 0 Å². The molecule has 2 aliphatic rings. The fraction of sp³-hybridized carbons (Fsp3) is 0.400. The van der Waals surface area contributed by atoms with Crippen molar-refractivity contribution in [2.45, 2.75) is 31.2 Å². The second kappa shape index (κ2) is 7.10. The van der Waals surface area contributed by atoms with Crippen LogP contribution >= 0.6 is 0 Å². The minimum Gasteiger partial charge on any atom is -0.294 e. The third kappa shape index (κ3) is 3.54. The molecule has 1 atom stereocenters. The van der Waals surface area contributed by atoms with E-state index in [1.54, 1.807) is 18.2 Å². The molecule has 1 unspecified atom stereocenters. The summed E-state index contributed by atoms with van der Waals surface area (Å²) < 4.78 is 40.8. The lowest BCUT2D eigenvalue weighted by Gasteiger charge is -2.33. The molecular formula is C20H23FN2O2S. The average Bonchev–Trinajstić information content (AvgIpc) is 3.14. The van der Waals surface area contributed by atoms with E-state index in [4.69, 9.17) is 0 Å². The van der Waals surface area contributed by atoms with E-state index in [1.807, 2.05) is 0 Å². The van der Waals surface area contributed by atoms with Gasteiger partial charge in [-0.2, -0.15) is 0 Å². The van der Waals surface area contributed by atoms with Gasteiger partial charge in [-0.25, -0.2) is 17.1 Å². The van der Waals surface area contributed by atoms with Gasteiger partial charge in [0.1, 0.15) is 5.82 Å². The molecule has 0 bridgehead atoms. The number of hydrogen-bond acceptors (Lipinski definition) is 3. The molecule has 138 valence electrons. The zero-order valence-electron chi connectivity index (χ0n) is 14.6. The number of rotatable bonds is 4. The van der Waals surface area contributed by atoms with Gasteiger partial charge in [-0.1, -0.05) is 42.5 Å². The minimum atomic E-state index is -3.50. The van der Waals surface area contributed by atoms with E-state index in [0.29, 0.717) is 13.1 Å². The van der Waals surface area contributed by atoms with E-state index in [2.05, 4.69) is 29.2 Å². The van der Waals surface area contributed by atoms with Crippen molar-refractivity contribution in [2.75, 3.05) is 19.6 Å². The van der Waals surface area contributed by atoms with Crippen molar-refractivity contribution in [1.29, 1.82) is 0 Å². The number of sulfonamides is 1. The van der Waals surface area contributed by atoms with Crippen molar-refractivity contribution in [2.24, 2.45) is 0 Å². The Kier molecular flexibility index (Phi) is 4.82. The van der Waals surface area contributed by atoms with Crippen LogP contribution in [0.25, 0.3) is 0 Å². The van der Waals surface area contributed by atoms with Crippen LogP contribution in [0.4, 0.5) is 4.39 Å². The Labute approximate surface area is 154 Å². The highest BCUT2D eigenvalue weighted by Crippen LogP contribution is 2.26. The smallest absolute Gasteiger partial charge is 0.218 e. The molecule has 0 amide bonds. The molecule has 1 fully saturated rings. The lowest BCUT2D eigenvalue weighted by atomic mass is 9.98. The highest BCUT2D eigenvalue weighted by atomic mass is 32.2. The first-order chi connectivity index (χ1) is 12.5. The summed E-state index contributed by atoms with van der Waals surface area (Å²) in [6, 6.07) is 14.8. The molecular weight excluding hydrogens is 351 g/mol. The van der Waals surface area contributed by atoms with Crippen LogP contribution in [0.3, 0.4) is 0 Å². The molecule has 1 saturated heterocycles. The van der Waals surface area contributed by atoms with E-state index < -0.39 is 15.8 Å². The molecule has 0 saturated carbocycles. The van der Waals surface area contributed by atoms with Crippen LogP contribution in [0.2, 0.25) is 0 Å². The number of hydrogen-bond donors (Lipinski definition) is 0. The summed E-state index contributed by atoms with van der Waals surface area (Å²) in [5.74, 6) is -0.727. The Morgan fingerprint density at radius 2 is 1.73 bits per heavy atom. The van der Waals surface area contributed by atoms with Crippen LogP contribution in [-0.2, 0) is 28.7 Å². The van der Waals surface area contributed by atoms with E-state index in [1.165, 1.54) is 21.5 Å². The van der Waals surface area contributed by atoms with Gasteiger partial charge in [0.15, 0.2) is 0 Å². The first-order valence-corrected chi connectivity index (χ1v) is 10.7. The Hall–Kier alpha value is -1.76. The molecule has 0 N–H and O–H groups in total. The van der Waals surface area contributed by atoms with Crippen LogP contribution in [-0.4, -0.2) is 43.3 Å². The van der Waals surface area contributed by atoms with E-state index >= 15 is 0 Å². The summed E-state index contributed by atoms with van der Waals surface area (Å²) in [5.41, 5.74) is 2.97. The fourth-order valence-corrected chi connectivity index (χ4v) is 5.59. The number of nitrogens with zero attached hydrogens (tertiary/aromatic N) is 2. The first-order valence-electron chi connectivity index (χ1n) is 9.05. The quantitative estimate of drug-likeness (QED) is 0.826. The maximum absolute atomic E-state index is 13.8. The third-order valence-corrected chi connectivity index (χ3v) is 7.29. The predicted molar refractivity (Wildman–Crippen MR) is 99.6 cm³/mol. The largest absolute Gasteiger partial charge is 0.294 e. The number of fused-ring (bicyclic) bond motifs is 1. The SMILES string of the molecule is O=S(=O)(Cc1ccccc1F)N1CCC(N2CCc3ccccc3C2)C1. The highest BCUT2D eigenvalue weighted by molar-refractivity contribution is 7.88. The standard InChI is InChI=1S/C20H23FN2O2S/c21-20-8-4-3-7-18(20)15-26(24,25)23-12-10-19(14-23)22-11-9-16-5-1-2-6-17(16)13-22/h1-8,19H,9-15H2. The summed E-state index contributed by atoms with van der Waals surface area (Å²) in [5, 5.41) is 0. The molecule has 26 heavy (non-hydrogen) atoms. The van der Waals surface area contributed by atoms with Gasteiger partial charge >= 0.3 is 0 Å². The zero-order valence-corrected chi connectivity index (χ0v) is 15.5. The lowest BCUT2D eigenvalue weighted by Crippen LogP contribution is -2.41. The first kappa shape index (κ1) is 17.6. The molecule has 0 aliphatic carbocycles. The molecule has 4 rings (SSSR count). The summed E-state index contributed by atoms with van der Waals surface area (Å²) in [6.45, 7) is 2.85. The van der Waals surface area contributed by atoms with Gasteiger partial charge in [0.05, 0.1) is 5.75 Å². The van der Waals surface area contributed by atoms with Gasteiger partial charge in [-0.3, -0.25) is 4.90 Å². The zero-order chi connectivity index (χ0) is 18.1. The topological polar surface area (TPSA) is 40.6 Å². The summed E-state index contributed by atoms with van der Waals surface area (Å²) in [6.07, 6.45) is 1.84. The predicted octanol–water partition coefficient (Wildman–Crippen LogP) is 2.79. The van der Waals surface area contributed by atoms with Crippen molar-refractivity contribution in [1.82, 2.24) is 9.21 Å². The molecule has 4 nitrogen and oxygen atoms in total. The third-order valence-electron chi connectivity index (χ3n) is 5.49. The summed E-state index contributed by atoms with van der Waals surface area (Å²) in [7, 11) is -3.50. The Morgan fingerprint density at radius 3 is 2.54 bits per heavy atom. The Morgan fingerprint density at radius 1 is 1.00 bits per heavy atom. The molecule has 0 spiro atoms. The van der Waals surface area contributed by atoms with Crippen molar-refractivity contribution in [3.05, 3.63) is 71.0 Å². The van der Waals surface area contributed by atoms with E-state index in [9.17, 15) is 12.8 Å². The van der Waals surface area contributed by atoms with Crippen molar-refractivity contribution in [3.8, 4) is 0 Å². The Bertz CT molecular complexity index is 900.